The summed E-state index contributed by atoms with van der Waals surface area (Å²) in [6.07, 6.45) is 2.39. The van der Waals surface area contributed by atoms with Crippen LogP contribution in [-0.4, -0.2) is 45.0 Å². The van der Waals surface area contributed by atoms with Crippen molar-refractivity contribution in [3.8, 4) is 0 Å². The predicted octanol–water partition coefficient (Wildman–Crippen LogP) is 1.85. The fourth-order valence-corrected chi connectivity index (χ4v) is 3.84. The van der Waals surface area contributed by atoms with Crippen molar-refractivity contribution in [2.45, 2.75) is 23.4 Å². The first-order valence-electron chi connectivity index (χ1n) is 7.92. The van der Waals surface area contributed by atoms with E-state index in [9.17, 15) is 8.42 Å². The highest BCUT2D eigenvalue weighted by Gasteiger charge is 2.33. The number of benzene rings is 1. The Morgan fingerprint density at radius 3 is 2.54 bits per heavy atom. The Morgan fingerprint density at radius 2 is 1.92 bits per heavy atom. The minimum atomic E-state index is -3.45. The first-order chi connectivity index (χ1) is 11.5. The van der Waals surface area contributed by atoms with E-state index in [4.69, 9.17) is 0 Å². The van der Waals surface area contributed by atoms with Gasteiger partial charge in [0.1, 0.15) is 10.7 Å². The van der Waals surface area contributed by atoms with Crippen LogP contribution in [0.15, 0.2) is 53.6 Å². The lowest BCUT2D eigenvalue weighted by atomic mass is 10.0. The van der Waals surface area contributed by atoms with E-state index in [2.05, 4.69) is 39.1 Å². The Morgan fingerprint density at radius 1 is 1.17 bits per heavy atom. The van der Waals surface area contributed by atoms with E-state index in [0.29, 0.717) is 5.82 Å². The molecule has 0 spiro atoms. The molecule has 0 amide bonds. The second-order valence-electron chi connectivity index (χ2n) is 5.96. The number of likely N-dealkylation sites (N-methyl/N-ethyl adjacent to an activating group) is 1. The van der Waals surface area contributed by atoms with Crippen LogP contribution in [0.2, 0.25) is 0 Å². The highest BCUT2D eigenvalue weighted by atomic mass is 32.2. The van der Waals surface area contributed by atoms with Crippen molar-refractivity contribution in [1.29, 1.82) is 0 Å². The summed E-state index contributed by atoms with van der Waals surface area (Å²) in [5, 5.41) is 3.45. The van der Waals surface area contributed by atoms with Crippen molar-refractivity contribution in [3.63, 3.8) is 0 Å². The fourth-order valence-electron chi connectivity index (χ4n) is 3.17. The van der Waals surface area contributed by atoms with E-state index in [0.717, 1.165) is 13.0 Å². The number of rotatable bonds is 5. The van der Waals surface area contributed by atoms with Gasteiger partial charge in [-0.3, -0.25) is 4.90 Å². The Balaban J connectivity index is 1.78. The maximum absolute atomic E-state index is 11.8. The number of nitrogens with zero attached hydrogens (tertiary/aromatic N) is 2. The first kappa shape index (κ1) is 16.9. The molecule has 1 aromatic carbocycles. The lowest BCUT2D eigenvalue weighted by molar-refractivity contribution is 0.309. The first-order valence-corrected chi connectivity index (χ1v) is 9.41. The normalized spacial score (nSPS) is 21.8. The third-order valence-corrected chi connectivity index (χ3v) is 5.84. The molecule has 0 radical (unpaired) electrons. The van der Waals surface area contributed by atoms with Crippen LogP contribution >= 0.6 is 0 Å². The molecule has 2 heterocycles. The van der Waals surface area contributed by atoms with Gasteiger partial charge in [-0.25, -0.2) is 18.1 Å². The van der Waals surface area contributed by atoms with Gasteiger partial charge in [0.2, 0.25) is 10.0 Å². The van der Waals surface area contributed by atoms with Gasteiger partial charge in [-0.1, -0.05) is 30.3 Å². The summed E-state index contributed by atoms with van der Waals surface area (Å²) in [5.74, 6) is 0.686. The van der Waals surface area contributed by atoms with Gasteiger partial charge in [0, 0.05) is 18.8 Å². The molecular formula is C17H22N4O2S. The smallest absolute Gasteiger partial charge is 0.241 e. The van der Waals surface area contributed by atoms with E-state index < -0.39 is 10.0 Å². The Bertz CT molecular complexity index is 778. The summed E-state index contributed by atoms with van der Waals surface area (Å²) in [7, 11) is 0.0564. The molecule has 24 heavy (non-hydrogen) atoms. The summed E-state index contributed by atoms with van der Waals surface area (Å²) in [6.45, 7) is 1.00. The number of hydrogen-bond acceptors (Lipinski definition) is 5. The number of anilines is 1. The molecule has 2 aromatic rings. The van der Waals surface area contributed by atoms with Crippen molar-refractivity contribution >= 4 is 15.8 Å². The maximum atomic E-state index is 11.8. The molecular weight excluding hydrogens is 324 g/mol. The van der Waals surface area contributed by atoms with Crippen LogP contribution in [0, 0.1) is 0 Å². The second kappa shape index (κ2) is 6.88. The lowest BCUT2D eigenvalue weighted by Crippen LogP contribution is -2.29. The summed E-state index contributed by atoms with van der Waals surface area (Å²) in [5.41, 5.74) is 1.27. The molecule has 0 unspecified atom stereocenters. The number of hydrogen-bond donors (Lipinski definition) is 2. The molecule has 1 fully saturated rings. The van der Waals surface area contributed by atoms with Gasteiger partial charge < -0.3 is 5.32 Å². The predicted molar refractivity (Wildman–Crippen MR) is 94.3 cm³/mol. The third kappa shape index (κ3) is 3.43. The summed E-state index contributed by atoms with van der Waals surface area (Å²) < 4.78 is 25.8. The van der Waals surface area contributed by atoms with E-state index in [-0.39, 0.29) is 17.0 Å². The minimum absolute atomic E-state index is 0.165. The highest BCUT2D eigenvalue weighted by Crippen LogP contribution is 2.32. The topological polar surface area (TPSA) is 74.3 Å². The number of pyridine rings is 1. The number of sulfonamides is 1. The number of aromatic nitrogens is 1. The largest absolute Gasteiger partial charge is 0.365 e. The monoisotopic (exact) mass is 346 g/mol. The molecule has 1 aliphatic rings. The average molecular weight is 346 g/mol. The Kier molecular flexibility index (Phi) is 4.84. The van der Waals surface area contributed by atoms with Crippen LogP contribution in [0.3, 0.4) is 0 Å². The molecule has 3 rings (SSSR count). The molecule has 1 aliphatic heterocycles. The molecule has 1 aromatic heterocycles. The third-order valence-electron chi connectivity index (χ3n) is 4.44. The molecule has 6 nitrogen and oxygen atoms in total. The average Bonchev–Trinajstić information content (AvgIpc) is 2.96. The van der Waals surface area contributed by atoms with Crippen LogP contribution in [0.4, 0.5) is 5.82 Å². The molecule has 128 valence electrons. The van der Waals surface area contributed by atoms with Gasteiger partial charge >= 0.3 is 0 Å². The van der Waals surface area contributed by atoms with E-state index >= 15 is 0 Å². The zero-order valence-electron chi connectivity index (χ0n) is 13.8. The molecule has 7 heteroatoms. The van der Waals surface area contributed by atoms with Gasteiger partial charge in [-0.15, -0.1) is 0 Å². The molecule has 2 N–H and O–H groups in total. The number of nitrogens with one attached hydrogen (secondary N) is 2. The maximum Gasteiger partial charge on any atom is 0.241 e. The zero-order valence-corrected chi connectivity index (χ0v) is 14.6. The van der Waals surface area contributed by atoms with Gasteiger partial charge in [0.05, 0.1) is 6.04 Å². The summed E-state index contributed by atoms with van der Waals surface area (Å²) >= 11 is 0. The van der Waals surface area contributed by atoms with Crippen LogP contribution in [0.25, 0.3) is 0 Å². The van der Waals surface area contributed by atoms with Crippen molar-refractivity contribution in [2.75, 3.05) is 26.0 Å². The molecule has 1 saturated heterocycles. The van der Waals surface area contributed by atoms with Gasteiger partial charge in [0.25, 0.3) is 0 Å². The van der Waals surface area contributed by atoms with E-state index in [1.807, 2.05) is 18.2 Å². The standard InChI is InChI=1S/C17H22N4O2S/c1-18-24(22,23)14-8-9-16(19-12-14)20-15-10-11-21(2)17(15)13-6-4-3-5-7-13/h3-9,12,15,17-18H,10-11H2,1-2H3,(H,19,20)/t15-,17+/m0/s1. The van der Waals surface area contributed by atoms with Crippen LogP contribution in [-0.2, 0) is 10.0 Å². The van der Waals surface area contributed by atoms with E-state index in [1.165, 1.54) is 18.8 Å². The van der Waals surface area contributed by atoms with Crippen molar-refractivity contribution in [1.82, 2.24) is 14.6 Å². The van der Waals surface area contributed by atoms with Crippen molar-refractivity contribution < 1.29 is 8.42 Å². The quantitative estimate of drug-likeness (QED) is 0.864. The molecule has 2 atom stereocenters. The minimum Gasteiger partial charge on any atom is -0.365 e. The van der Waals surface area contributed by atoms with Gasteiger partial charge in [0.15, 0.2) is 0 Å². The lowest BCUT2D eigenvalue weighted by Gasteiger charge is -2.26. The van der Waals surface area contributed by atoms with Crippen LogP contribution in [0.5, 0.6) is 0 Å². The molecule has 0 aliphatic carbocycles. The molecule has 0 saturated carbocycles. The van der Waals surface area contributed by atoms with Gasteiger partial charge in [-0.05, 0) is 38.2 Å². The van der Waals surface area contributed by atoms with Crippen LogP contribution in [0.1, 0.15) is 18.0 Å². The van der Waals surface area contributed by atoms with E-state index in [1.54, 1.807) is 12.1 Å². The summed E-state index contributed by atoms with van der Waals surface area (Å²) in [6, 6.07) is 14.2. The van der Waals surface area contributed by atoms with Gasteiger partial charge in [-0.2, -0.15) is 0 Å². The van der Waals surface area contributed by atoms with Crippen LogP contribution < -0.4 is 10.0 Å². The Hall–Kier alpha value is -1.96. The zero-order chi connectivity index (χ0) is 17.2. The number of likely N-dealkylation sites (tertiary alicyclic amines) is 1. The SMILES string of the molecule is CNS(=O)(=O)c1ccc(N[C@H]2CCN(C)[C@@H]2c2ccccc2)nc1. The second-order valence-corrected chi connectivity index (χ2v) is 7.85. The molecule has 0 bridgehead atoms. The summed E-state index contributed by atoms with van der Waals surface area (Å²) in [4.78, 5) is 6.75. The fraction of sp³-hybridized carbons (Fsp3) is 0.353. The highest BCUT2D eigenvalue weighted by molar-refractivity contribution is 7.89. The Labute approximate surface area is 143 Å². The van der Waals surface area contributed by atoms with Crippen molar-refractivity contribution in [2.24, 2.45) is 0 Å². The van der Waals surface area contributed by atoms with Crippen molar-refractivity contribution in [3.05, 3.63) is 54.2 Å².